The largest absolute Gasteiger partial charge is 0.496 e. The lowest BCUT2D eigenvalue weighted by molar-refractivity contribution is 0.0643. The van der Waals surface area contributed by atoms with Crippen LogP contribution in [0.25, 0.3) is 0 Å². The summed E-state index contributed by atoms with van der Waals surface area (Å²) in [4.78, 5) is 1.18. The van der Waals surface area contributed by atoms with Crippen molar-refractivity contribution >= 4 is 11.8 Å². The number of hydrogen-bond acceptors (Lipinski definition) is 4. The van der Waals surface area contributed by atoms with E-state index in [9.17, 15) is 5.11 Å². The molecule has 22 heavy (non-hydrogen) atoms. The summed E-state index contributed by atoms with van der Waals surface area (Å²) in [6.45, 7) is 1.88. The standard InChI is InChI=1S/C18H29NO2S/c1-21-17-12-14(9-10-18(17)22-2)13-19-11-5-7-15-6-3-4-8-16(15)20/h9-10,12,15-16,19-20H,3-8,11,13H2,1-2H3. The Hall–Kier alpha value is -0.710. The van der Waals surface area contributed by atoms with Gasteiger partial charge in [-0.1, -0.05) is 18.9 Å². The van der Waals surface area contributed by atoms with Gasteiger partial charge in [0.05, 0.1) is 13.2 Å². The van der Waals surface area contributed by atoms with Crippen molar-refractivity contribution in [1.29, 1.82) is 0 Å². The number of aliphatic hydroxyl groups excluding tert-OH is 1. The lowest BCUT2D eigenvalue weighted by Gasteiger charge is -2.27. The van der Waals surface area contributed by atoms with Crippen molar-refractivity contribution in [3.05, 3.63) is 23.8 Å². The molecule has 0 amide bonds. The first kappa shape index (κ1) is 17.6. The van der Waals surface area contributed by atoms with Crippen molar-refractivity contribution < 1.29 is 9.84 Å². The Morgan fingerprint density at radius 3 is 2.86 bits per heavy atom. The van der Waals surface area contributed by atoms with Gasteiger partial charge in [-0.2, -0.15) is 0 Å². The van der Waals surface area contributed by atoms with Crippen LogP contribution in [-0.4, -0.2) is 31.1 Å². The molecule has 2 atom stereocenters. The Bertz CT molecular complexity index is 453. The molecule has 0 spiro atoms. The summed E-state index contributed by atoms with van der Waals surface area (Å²) in [6.07, 6.45) is 8.98. The first-order valence-corrected chi connectivity index (χ1v) is 9.56. The number of methoxy groups -OCH3 is 1. The van der Waals surface area contributed by atoms with Gasteiger partial charge in [0.2, 0.25) is 0 Å². The molecule has 0 saturated heterocycles. The molecule has 2 unspecified atom stereocenters. The molecule has 0 bridgehead atoms. The van der Waals surface area contributed by atoms with Crippen LogP contribution in [0.15, 0.2) is 23.1 Å². The third-order valence-electron chi connectivity index (χ3n) is 4.57. The quantitative estimate of drug-likeness (QED) is 0.563. The number of rotatable bonds is 8. The first-order valence-electron chi connectivity index (χ1n) is 8.34. The van der Waals surface area contributed by atoms with Crippen molar-refractivity contribution in [2.45, 2.75) is 56.1 Å². The Labute approximate surface area is 138 Å². The van der Waals surface area contributed by atoms with E-state index < -0.39 is 0 Å². The van der Waals surface area contributed by atoms with Gasteiger partial charge in [-0.3, -0.25) is 0 Å². The average Bonchev–Trinajstić information content (AvgIpc) is 2.56. The number of hydrogen-bond donors (Lipinski definition) is 2. The van der Waals surface area contributed by atoms with E-state index >= 15 is 0 Å². The number of benzene rings is 1. The molecule has 0 aliphatic heterocycles. The van der Waals surface area contributed by atoms with Crippen LogP contribution >= 0.6 is 11.8 Å². The van der Waals surface area contributed by atoms with E-state index in [1.165, 1.54) is 29.7 Å². The zero-order valence-electron chi connectivity index (χ0n) is 13.8. The highest BCUT2D eigenvalue weighted by molar-refractivity contribution is 7.98. The number of nitrogens with one attached hydrogen (secondary N) is 1. The average molecular weight is 324 g/mol. The third kappa shape index (κ3) is 5.18. The summed E-state index contributed by atoms with van der Waals surface area (Å²) in [5.41, 5.74) is 1.26. The maximum absolute atomic E-state index is 9.97. The fourth-order valence-electron chi connectivity index (χ4n) is 3.24. The van der Waals surface area contributed by atoms with Gasteiger partial charge < -0.3 is 15.2 Å². The predicted molar refractivity (Wildman–Crippen MR) is 93.7 cm³/mol. The van der Waals surface area contributed by atoms with Crippen LogP contribution in [-0.2, 0) is 6.54 Å². The van der Waals surface area contributed by atoms with E-state index in [0.29, 0.717) is 5.92 Å². The van der Waals surface area contributed by atoms with Crippen molar-refractivity contribution in [3.8, 4) is 5.75 Å². The highest BCUT2D eigenvalue weighted by Gasteiger charge is 2.21. The zero-order chi connectivity index (χ0) is 15.8. The fraction of sp³-hybridized carbons (Fsp3) is 0.667. The molecular weight excluding hydrogens is 294 g/mol. The highest BCUT2D eigenvalue weighted by atomic mass is 32.2. The zero-order valence-corrected chi connectivity index (χ0v) is 14.6. The highest BCUT2D eigenvalue weighted by Crippen LogP contribution is 2.29. The smallest absolute Gasteiger partial charge is 0.132 e. The lowest BCUT2D eigenvalue weighted by atomic mass is 9.83. The molecule has 124 valence electrons. The van der Waals surface area contributed by atoms with Crippen LogP contribution in [0, 0.1) is 5.92 Å². The molecule has 2 rings (SSSR count). The number of aliphatic hydroxyl groups is 1. The van der Waals surface area contributed by atoms with E-state index in [0.717, 1.165) is 38.1 Å². The topological polar surface area (TPSA) is 41.5 Å². The molecule has 1 saturated carbocycles. The van der Waals surface area contributed by atoms with Gasteiger partial charge in [0.1, 0.15) is 5.75 Å². The minimum atomic E-state index is -0.0582. The van der Waals surface area contributed by atoms with Crippen LogP contribution in [0.3, 0.4) is 0 Å². The molecule has 0 radical (unpaired) electrons. The summed E-state index contributed by atoms with van der Waals surface area (Å²) < 4.78 is 5.42. The Morgan fingerprint density at radius 2 is 2.14 bits per heavy atom. The van der Waals surface area contributed by atoms with Crippen LogP contribution < -0.4 is 10.1 Å². The Morgan fingerprint density at radius 1 is 1.32 bits per heavy atom. The lowest BCUT2D eigenvalue weighted by Crippen LogP contribution is -2.25. The van der Waals surface area contributed by atoms with Gasteiger partial charge >= 0.3 is 0 Å². The molecule has 4 heteroatoms. The van der Waals surface area contributed by atoms with Crippen molar-refractivity contribution in [3.63, 3.8) is 0 Å². The summed E-state index contributed by atoms with van der Waals surface area (Å²) in [5.74, 6) is 1.48. The molecular formula is C18H29NO2S. The van der Waals surface area contributed by atoms with Crippen LogP contribution in [0.5, 0.6) is 5.75 Å². The molecule has 1 aromatic carbocycles. The third-order valence-corrected chi connectivity index (χ3v) is 5.35. The van der Waals surface area contributed by atoms with Gasteiger partial charge in [0.15, 0.2) is 0 Å². The van der Waals surface area contributed by atoms with E-state index in [2.05, 4.69) is 29.8 Å². The maximum Gasteiger partial charge on any atom is 0.132 e. The summed E-state index contributed by atoms with van der Waals surface area (Å²) >= 11 is 1.71. The molecule has 1 aromatic rings. The monoisotopic (exact) mass is 323 g/mol. The SMILES string of the molecule is COc1cc(CNCCCC2CCCCC2O)ccc1SC. The van der Waals surface area contributed by atoms with Gasteiger partial charge in [-0.25, -0.2) is 0 Å². The van der Waals surface area contributed by atoms with Crippen molar-refractivity contribution in [2.24, 2.45) is 5.92 Å². The number of ether oxygens (including phenoxy) is 1. The fourth-order valence-corrected chi connectivity index (χ4v) is 3.78. The van der Waals surface area contributed by atoms with E-state index in [-0.39, 0.29) is 6.10 Å². The van der Waals surface area contributed by atoms with Crippen LogP contribution in [0.4, 0.5) is 0 Å². The Balaban J connectivity index is 1.68. The minimum Gasteiger partial charge on any atom is -0.496 e. The summed E-state index contributed by atoms with van der Waals surface area (Å²) in [6, 6.07) is 6.40. The van der Waals surface area contributed by atoms with Crippen molar-refractivity contribution in [2.75, 3.05) is 19.9 Å². The molecule has 0 heterocycles. The van der Waals surface area contributed by atoms with Crippen LogP contribution in [0.2, 0.25) is 0 Å². The van der Waals surface area contributed by atoms with Gasteiger partial charge in [-0.05, 0) is 62.1 Å². The second kappa shape index (κ2) is 9.43. The van der Waals surface area contributed by atoms with E-state index in [4.69, 9.17) is 4.74 Å². The molecule has 0 aromatic heterocycles. The van der Waals surface area contributed by atoms with E-state index in [1.54, 1.807) is 18.9 Å². The van der Waals surface area contributed by atoms with E-state index in [1.807, 2.05) is 0 Å². The molecule has 1 fully saturated rings. The molecule has 1 aliphatic carbocycles. The first-order chi connectivity index (χ1) is 10.7. The second-order valence-corrected chi connectivity index (χ2v) is 6.97. The second-order valence-electron chi connectivity index (χ2n) is 6.12. The van der Waals surface area contributed by atoms with Crippen molar-refractivity contribution in [1.82, 2.24) is 5.32 Å². The van der Waals surface area contributed by atoms with Gasteiger partial charge in [0.25, 0.3) is 0 Å². The normalized spacial score (nSPS) is 21.8. The number of thioether (sulfide) groups is 1. The minimum absolute atomic E-state index is 0.0582. The molecule has 3 nitrogen and oxygen atoms in total. The molecule has 1 aliphatic rings. The Kier molecular flexibility index (Phi) is 7.56. The summed E-state index contributed by atoms with van der Waals surface area (Å²) in [7, 11) is 1.72. The van der Waals surface area contributed by atoms with Crippen LogP contribution in [0.1, 0.15) is 44.1 Å². The van der Waals surface area contributed by atoms with Gasteiger partial charge in [-0.15, -0.1) is 11.8 Å². The molecule has 2 N–H and O–H groups in total. The predicted octanol–water partition coefficient (Wildman–Crippen LogP) is 3.84. The summed E-state index contributed by atoms with van der Waals surface area (Å²) in [5, 5.41) is 13.5. The maximum atomic E-state index is 9.97. The van der Waals surface area contributed by atoms with Gasteiger partial charge in [0, 0.05) is 11.4 Å².